The monoisotopic (exact) mass is 403 g/mol. The average molecular weight is 403 g/mol. The molecule has 3 rings (SSSR count). The van der Waals surface area contributed by atoms with E-state index in [0.717, 1.165) is 12.1 Å². The summed E-state index contributed by atoms with van der Waals surface area (Å²) in [7, 11) is 0. The Kier molecular flexibility index (Phi) is 5.54. The molecule has 0 bridgehead atoms. The smallest absolute Gasteiger partial charge is 0.416 e. The highest BCUT2D eigenvalue weighted by molar-refractivity contribution is 5.81. The number of carboxylic acid groups (broad SMARTS) is 1. The summed E-state index contributed by atoms with van der Waals surface area (Å²) in [6.07, 6.45) is -7.41. The number of carboxylic acids is 1. The molecule has 152 valence electrons. The number of aromatic amines is 1. The van der Waals surface area contributed by atoms with Gasteiger partial charge in [0.2, 0.25) is 5.91 Å². The number of benzene rings is 1. The van der Waals surface area contributed by atoms with Crippen LogP contribution in [0.3, 0.4) is 0 Å². The van der Waals surface area contributed by atoms with Gasteiger partial charge in [-0.25, -0.2) is 9.37 Å². The van der Waals surface area contributed by atoms with Gasteiger partial charge in [0.25, 0.3) is 0 Å². The number of aliphatic carboxylic acids is 1. The van der Waals surface area contributed by atoms with Gasteiger partial charge >= 0.3 is 12.1 Å². The number of amides is 1. The second kappa shape index (κ2) is 7.74. The molecule has 2 atom stereocenters. The van der Waals surface area contributed by atoms with Crippen LogP contribution in [0.25, 0.3) is 11.0 Å². The number of halogens is 4. The number of H-pyrrole nitrogens is 1. The van der Waals surface area contributed by atoms with E-state index in [1.165, 1.54) is 11.0 Å². The van der Waals surface area contributed by atoms with Crippen molar-refractivity contribution in [2.45, 2.75) is 37.9 Å². The van der Waals surface area contributed by atoms with Crippen molar-refractivity contribution < 1.29 is 37.0 Å². The third kappa shape index (κ3) is 4.58. The number of likely N-dealkylation sites (tertiary alicyclic amines) is 1. The van der Waals surface area contributed by atoms with E-state index in [2.05, 4.69) is 9.97 Å². The molecule has 1 aromatic carbocycles. The zero-order chi connectivity index (χ0) is 20.5. The SMILES string of the molecule is O=C(O)CCC(=O)N1C[C@@H](F)[C@@H](OCc2nc3ccc(C(F)(F)F)cc3[nH]2)C1. The highest BCUT2D eigenvalue weighted by atomic mass is 19.4. The average Bonchev–Trinajstić information content (AvgIpc) is 3.19. The molecular formula is C17H17F4N3O4. The van der Waals surface area contributed by atoms with Gasteiger partial charge in [-0.2, -0.15) is 13.2 Å². The van der Waals surface area contributed by atoms with Gasteiger partial charge < -0.3 is 19.7 Å². The van der Waals surface area contributed by atoms with Gasteiger partial charge in [-0.1, -0.05) is 0 Å². The standard InChI is InChI=1S/C17H17F4N3O4/c18-10-6-24(15(25)3-4-16(26)27)7-13(10)28-8-14-22-11-2-1-9(17(19,20)21)5-12(11)23-14/h1-2,5,10,13H,3-4,6-8H2,(H,22,23)(H,26,27)/t10-,13+/m1/s1. The lowest BCUT2D eigenvalue weighted by Crippen LogP contribution is -2.30. The maximum absolute atomic E-state index is 14.1. The lowest BCUT2D eigenvalue weighted by molar-refractivity contribution is -0.140. The van der Waals surface area contributed by atoms with Gasteiger partial charge in [0.1, 0.15) is 24.7 Å². The van der Waals surface area contributed by atoms with E-state index in [-0.39, 0.29) is 43.9 Å². The van der Waals surface area contributed by atoms with Gasteiger partial charge in [-0.15, -0.1) is 0 Å². The Bertz CT molecular complexity index is 883. The summed E-state index contributed by atoms with van der Waals surface area (Å²) in [5.41, 5.74) is -0.311. The van der Waals surface area contributed by atoms with Crippen molar-refractivity contribution in [3.63, 3.8) is 0 Å². The van der Waals surface area contributed by atoms with Gasteiger partial charge in [0.15, 0.2) is 0 Å². The minimum absolute atomic E-state index is 0.0297. The Labute approximate surface area is 156 Å². The zero-order valence-electron chi connectivity index (χ0n) is 14.5. The van der Waals surface area contributed by atoms with Gasteiger partial charge in [0.05, 0.1) is 29.6 Å². The largest absolute Gasteiger partial charge is 0.481 e. The fraction of sp³-hybridized carbons (Fsp3) is 0.471. The molecule has 0 radical (unpaired) electrons. The van der Waals surface area contributed by atoms with E-state index in [9.17, 15) is 27.2 Å². The highest BCUT2D eigenvalue weighted by Crippen LogP contribution is 2.31. The van der Waals surface area contributed by atoms with Crippen molar-refractivity contribution >= 4 is 22.9 Å². The van der Waals surface area contributed by atoms with Crippen LogP contribution in [0.2, 0.25) is 0 Å². The lowest BCUT2D eigenvalue weighted by atomic mass is 10.2. The molecule has 1 aliphatic rings. The Balaban J connectivity index is 1.59. The predicted octanol–water partition coefficient (Wildman–Crippen LogP) is 2.51. The van der Waals surface area contributed by atoms with Crippen LogP contribution in [0, 0.1) is 0 Å². The van der Waals surface area contributed by atoms with Crippen molar-refractivity contribution in [3.05, 3.63) is 29.6 Å². The summed E-state index contributed by atoms with van der Waals surface area (Å²) in [6, 6.07) is 3.08. The fourth-order valence-electron chi connectivity index (χ4n) is 2.96. The van der Waals surface area contributed by atoms with Gasteiger partial charge in [-0.3, -0.25) is 9.59 Å². The highest BCUT2D eigenvalue weighted by Gasteiger charge is 2.36. The summed E-state index contributed by atoms with van der Waals surface area (Å²) in [4.78, 5) is 30.4. The molecule has 1 fully saturated rings. The van der Waals surface area contributed by atoms with Crippen LogP contribution in [0.1, 0.15) is 24.2 Å². The summed E-state index contributed by atoms with van der Waals surface area (Å²) in [5.74, 6) is -1.35. The maximum atomic E-state index is 14.1. The van der Waals surface area contributed by atoms with E-state index in [1.807, 2.05) is 0 Å². The van der Waals surface area contributed by atoms with Crippen LogP contribution in [0.4, 0.5) is 17.6 Å². The number of ether oxygens (including phenoxy) is 1. The number of fused-ring (bicyclic) bond motifs is 1. The summed E-state index contributed by atoms with van der Waals surface area (Å²) in [6.45, 7) is -0.394. The number of imidazole rings is 1. The molecule has 0 unspecified atom stereocenters. The second-order valence-corrected chi connectivity index (χ2v) is 6.47. The molecule has 1 aromatic heterocycles. The lowest BCUT2D eigenvalue weighted by Gasteiger charge is -2.15. The third-order valence-corrected chi connectivity index (χ3v) is 4.40. The van der Waals surface area contributed by atoms with Crippen LogP contribution in [0.15, 0.2) is 18.2 Å². The van der Waals surface area contributed by atoms with Crippen molar-refractivity contribution in [3.8, 4) is 0 Å². The van der Waals surface area contributed by atoms with Crippen LogP contribution < -0.4 is 0 Å². The predicted molar refractivity (Wildman–Crippen MR) is 88.0 cm³/mol. The third-order valence-electron chi connectivity index (χ3n) is 4.40. The first-order valence-corrected chi connectivity index (χ1v) is 8.44. The van der Waals surface area contributed by atoms with Crippen LogP contribution in [0.5, 0.6) is 0 Å². The molecule has 2 N–H and O–H groups in total. The van der Waals surface area contributed by atoms with Gasteiger partial charge in [0, 0.05) is 13.0 Å². The number of nitrogens with zero attached hydrogens (tertiary/aromatic N) is 2. The Morgan fingerprint density at radius 1 is 1.29 bits per heavy atom. The molecule has 0 spiro atoms. The first-order valence-electron chi connectivity index (χ1n) is 8.44. The van der Waals surface area contributed by atoms with Crippen molar-refractivity contribution in [2.24, 2.45) is 0 Å². The summed E-state index contributed by atoms with van der Waals surface area (Å²) in [5, 5.41) is 8.60. The Morgan fingerprint density at radius 2 is 2.04 bits per heavy atom. The number of carbonyl (C=O) groups excluding carboxylic acids is 1. The summed E-state index contributed by atoms with van der Waals surface area (Å²) >= 11 is 0. The zero-order valence-corrected chi connectivity index (χ0v) is 14.5. The molecule has 2 aromatic rings. The van der Waals surface area contributed by atoms with Gasteiger partial charge in [-0.05, 0) is 18.2 Å². The number of aromatic nitrogens is 2. The quantitative estimate of drug-likeness (QED) is 0.723. The van der Waals surface area contributed by atoms with E-state index in [1.54, 1.807) is 0 Å². The summed E-state index contributed by atoms with van der Waals surface area (Å²) < 4.78 is 57.8. The number of carbonyl (C=O) groups is 2. The molecule has 7 nitrogen and oxygen atoms in total. The van der Waals surface area contributed by atoms with Crippen molar-refractivity contribution in [1.29, 1.82) is 0 Å². The van der Waals surface area contributed by atoms with E-state index in [0.29, 0.717) is 5.52 Å². The molecule has 0 saturated carbocycles. The molecule has 1 aliphatic heterocycles. The molecule has 11 heteroatoms. The normalized spacial score (nSPS) is 20.1. The minimum Gasteiger partial charge on any atom is -0.481 e. The van der Waals surface area contributed by atoms with E-state index >= 15 is 0 Å². The molecule has 2 heterocycles. The fourth-order valence-corrected chi connectivity index (χ4v) is 2.96. The molecule has 0 aliphatic carbocycles. The first-order chi connectivity index (χ1) is 13.1. The second-order valence-electron chi connectivity index (χ2n) is 6.47. The number of nitrogens with one attached hydrogen (secondary N) is 1. The molecular weight excluding hydrogens is 386 g/mol. The Morgan fingerprint density at radius 3 is 2.71 bits per heavy atom. The Hall–Kier alpha value is -2.69. The minimum atomic E-state index is -4.47. The molecule has 1 amide bonds. The number of hydrogen-bond acceptors (Lipinski definition) is 4. The number of hydrogen-bond donors (Lipinski definition) is 2. The van der Waals surface area contributed by atoms with Crippen LogP contribution in [-0.4, -0.2) is 57.2 Å². The molecule has 28 heavy (non-hydrogen) atoms. The van der Waals surface area contributed by atoms with Crippen molar-refractivity contribution in [1.82, 2.24) is 14.9 Å². The van der Waals surface area contributed by atoms with E-state index in [4.69, 9.17) is 9.84 Å². The van der Waals surface area contributed by atoms with Crippen LogP contribution in [-0.2, 0) is 27.1 Å². The first kappa shape index (κ1) is 20.1. The number of alkyl halides is 4. The number of rotatable bonds is 6. The van der Waals surface area contributed by atoms with E-state index < -0.39 is 35.9 Å². The molecule has 1 saturated heterocycles. The van der Waals surface area contributed by atoms with Crippen LogP contribution >= 0.6 is 0 Å². The van der Waals surface area contributed by atoms with Crippen molar-refractivity contribution in [2.75, 3.05) is 13.1 Å². The topological polar surface area (TPSA) is 95.5 Å². The maximum Gasteiger partial charge on any atom is 0.416 e.